The average Bonchev–Trinajstić information content (AvgIpc) is 2.56. The Labute approximate surface area is 149 Å². The van der Waals surface area contributed by atoms with Crippen molar-refractivity contribution in [3.05, 3.63) is 82.9 Å². The van der Waals surface area contributed by atoms with Crippen LogP contribution in [-0.4, -0.2) is 23.0 Å². The van der Waals surface area contributed by atoms with Crippen molar-refractivity contribution in [1.82, 2.24) is 5.32 Å². The maximum Gasteiger partial charge on any atom is 0.326 e. The van der Waals surface area contributed by atoms with Gasteiger partial charge >= 0.3 is 5.97 Å². The summed E-state index contributed by atoms with van der Waals surface area (Å²) < 4.78 is 0.520. The second-order valence-electron chi connectivity index (χ2n) is 5.38. The topological polar surface area (TPSA) is 66.4 Å². The van der Waals surface area contributed by atoms with Gasteiger partial charge in [0.15, 0.2) is 0 Å². The highest BCUT2D eigenvalue weighted by molar-refractivity contribution is 9.11. The van der Waals surface area contributed by atoms with E-state index >= 15 is 0 Å². The van der Waals surface area contributed by atoms with Crippen molar-refractivity contribution in [3.8, 4) is 0 Å². The van der Waals surface area contributed by atoms with Gasteiger partial charge in [0.25, 0.3) is 0 Å². The average molecular weight is 388 g/mol. The molecule has 4 nitrogen and oxygen atoms in total. The van der Waals surface area contributed by atoms with Crippen LogP contribution in [0.5, 0.6) is 0 Å². The number of benzene rings is 2. The first kappa shape index (κ1) is 17.9. The first-order valence-electron chi connectivity index (χ1n) is 7.45. The number of halogens is 1. The molecule has 0 aliphatic carbocycles. The van der Waals surface area contributed by atoms with Gasteiger partial charge in [-0.05, 0) is 15.6 Å². The molecule has 1 amide bonds. The van der Waals surface area contributed by atoms with Crippen LogP contribution >= 0.6 is 15.9 Å². The second-order valence-corrected chi connectivity index (χ2v) is 6.50. The number of hydrogen-bond donors (Lipinski definition) is 2. The Hall–Kier alpha value is -2.40. The number of nitrogens with one attached hydrogen (secondary N) is 1. The molecule has 1 atom stereocenters. The summed E-state index contributed by atoms with van der Waals surface area (Å²) in [6.45, 7) is 3.65. The van der Waals surface area contributed by atoms with Crippen LogP contribution in [0, 0.1) is 0 Å². The monoisotopic (exact) mass is 387 g/mol. The van der Waals surface area contributed by atoms with Crippen molar-refractivity contribution in [1.29, 1.82) is 0 Å². The van der Waals surface area contributed by atoms with Gasteiger partial charge in [0.2, 0.25) is 5.91 Å². The highest BCUT2D eigenvalue weighted by atomic mass is 79.9. The Morgan fingerprint density at radius 3 is 1.83 bits per heavy atom. The molecule has 2 aromatic rings. The number of carbonyl (C=O) groups is 2. The molecule has 2 aromatic carbocycles. The summed E-state index contributed by atoms with van der Waals surface area (Å²) in [6, 6.07) is 17.6. The Morgan fingerprint density at radius 1 is 1.00 bits per heavy atom. The summed E-state index contributed by atoms with van der Waals surface area (Å²) in [5.41, 5.74) is 1.62. The molecule has 2 N–H and O–H groups in total. The number of carbonyl (C=O) groups excluding carboxylic acids is 1. The molecule has 0 radical (unpaired) electrons. The van der Waals surface area contributed by atoms with E-state index in [1.165, 1.54) is 0 Å². The first-order valence-corrected chi connectivity index (χ1v) is 8.24. The van der Waals surface area contributed by atoms with Crippen LogP contribution in [0.15, 0.2) is 71.7 Å². The fraction of sp³-hybridized carbons (Fsp3) is 0.158. The van der Waals surface area contributed by atoms with Gasteiger partial charge in [-0.15, -0.1) is 0 Å². The normalized spacial score (nSPS) is 11.8. The predicted molar refractivity (Wildman–Crippen MR) is 97.0 cm³/mol. The van der Waals surface area contributed by atoms with Crippen LogP contribution in [0.2, 0.25) is 0 Å². The summed E-state index contributed by atoms with van der Waals surface area (Å²) in [6.07, 6.45) is 0.122. The standard InChI is InChI=1S/C19H18BrNO3/c1-13(20)12-16(19(23)24)21-18(22)17(14-8-4-2-5-9-14)15-10-6-3-7-11-15/h2-11,16-17H,1,12H2,(H,21,22)(H,23,24)/t16-/m0/s1. The van der Waals surface area contributed by atoms with E-state index in [4.69, 9.17) is 0 Å². The van der Waals surface area contributed by atoms with E-state index in [0.29, 0.717) is 4.48 Å². The van der Waals surface area contributed by atoms with E-state index in [1.54, 1.807) is 0 Å². The molecular weight excluding hydrogens is 370 g/mol. The molecule has 0 saturated carbocycles. The third kappa shape index (κ3) is 4.80. The smallest absolute Gasteiger partial charge is 0.326 e. The van der Waals surface area contributed by atoms with Gasteiger partial charge in [0, 0.05) is 6.42 Å². The van der Waals surface area contributed by atoms with Crippen LogP contribution in [0.25, 0.3) is 0 Å². The largest absolute Gasteiger partial charge is 0.480 e. The maximum atomic E-state index is 12.8. The van der Waals surface area contributed by atoms with Crippen molar-refractivity contribution < 1.29 is 14.7 Å². The van der Waals surface area contributed by atoms with Gasteiger partial charge in [-0.25, -0.2) is 4.79 Å². The van der Waals surface area contributed by atoms with Crippen molar-refractivity contribution in [2.75, 3.05) is 0 Å². The molecule has 24 heavy (non-hydrogen) atoms. The molecule has 0 aliphatic heterocycles. The number of aliphatic carboxylic acids is 1. The van der Waals surface area contributed by atoms with Crippen molar-refractivity contribution >= 4 is 27.8 Å². The van der Waals surface area contributed by atoms with Crippen molar-refractivity contribution in [2.24, 2.45) is 0 Å². The van der Waals surface area contributed by atoms with Crippen LogP contribution in [0.3, 0.4) is 0 Å². The molecule has 2 rings (SSSR count). The van der Waals surface area contributed by atoms with E-state index in [9.17, 15) is 14.7 Å². The summed E-state index contributed by atoms with van der Waals surface area (Å²) >= 11 is 3.15. The quantitative estimate of drug-likeness (QED) is 0.761. The number of amides is 1. The van der Waals surface area contributed by atoms with Gasteiger partial charge in [-0.1, -0.05) is 83.2 Å². The van der Waals surface area contributed by atoms with Crippen LogP contribution in [-0.2, 0) is 9.59 Å². The third-order valence-electron chi connectivity index (χ3n) is 3.57. The molecule has 5 heteroatoms. The lowest BCUT2D eigenvalue weighted by Crippen LogP contribution is -2.43. The molecule has 0 fully saturated rings. The van der Waals surface area contributed by atoms with Crippen LogP contribution in [0.4, 0.5) is 0 Å². The molecule has 0 heterocycles. The van der Waals surface area contributed by atoms with Gasteiger partial charge in [0.1, 0.15) is 6.04 Å². The Morgan fingerprint density at radius 2 is 1.46 bits per heavy atom. The lowest BCUT2D eigenvalue weighted by Gasteiger charge is -2.21. The zero-order valence-electron chi connectivity index (χ0n) is 13.0. The lowest BCUT2D eigenvalue weighted by atomic mass is 9.90. The second kappa shape index (κ2) is 8.45. The summed E-state index contributed by atoms with van der Waals surface area (Å²) in [7, 11) is 0. The summed E-state index contributed by atoms with van der Waals surface area (Å²) in [5, 5.41) is 11.9. The van der Waals surface area contributed by atoms with Crippen LogP contribution < -0.4 is 5.32 Å². The van der Waals surface area contributed by atoms with E-state index in [1.807, 2.05) is 60.7 Å². The number of carboxylic acids is 1. The Kier molecular flexibility index (Phi) is 6.32. The number of hydrogen-bond acceptors (Lipinski definition) is 2. The molecule has 0 spiro atoms. The van der Waals surface area contributed by atoms with Gasteiger partial charge in [-0.2, -0.15) is 0 Å². The summed E-state index contributed by atoms with van der Waals surface area (Å²) in [4.78, 5) is 24.2. The molecule has 0 aliphatic rings. The van der Waals surface area contributed by atoms with Crippen molar-refractivity contribution in [2.45, 2.75) is 18.4 Å². The van der Waals surface area contributed by atoms with Gasteiger partial charge < -0.3 is 10.4 Å². The molecular formula is C19H18BrNO3. The van der Waals surface area contributed by atoms with E-state index in [0.717, 1.165) is 11.1 Å². The van der Waals surface area contributed by atoms with E-state index in [2.05, 4.69) is 27.8 Å². The third-order valence-corrected chi connectivity index (χ3v) is 3.89. The maximum absolute atomic E-state index is 12.8. The molecule has 0 bridgehead atoms. The lowest BCUT2D eigenvalue weighted by molar-refractivity contribution is -0.141. The Bertz CT molecular complexity index is 676. The molecule has 0 unspecified atom stereocenters. The zero-order valence-corrected chi connectivity index (χ0v) is 14.6. The van der Waals surface area contributed by atoms with E-state index in [-0.39, 0.29) is 12.3 Å². The first-order chi connectivity index (χ1) is 11.5. The number of rotatable bonds is 7. The van der Waals surface area contributed by atoms with Crippen molar-refractivity contribution in [3.63, 3.8) is 0 Å². The highest BCUT2D eigenvalue weighted by Crippen LogP contribution is 2.25. The zero-order chi connectivity index (χ0) is 17.5. The molecule has 0 saturated heterocycles. The SMILES string of the molecule is C=C(Br)C[C@H](NC(=O)C(c1ccccc1)c1ccccc1)C(=O)O. The summed E-state index contributed by atoms with van der Waals surface area (Å²) in [5.74, 6) is -2.02. The minimum absolute atomic E-state index is 0.122. The van der Waals surface area contributed by atoms with Gasteiger partial charge in [-0.3, -0.25) is 4.79 Å². The molecule has 124 valence electrons. The fourth-order valence-corrected chi connectivity index (χ4v) is 2.79. The predicted octanol–water partition coefficient (Wildman–Crippen LogP) is 3.69. The minimum atomic E-state index is -1.09. The molecule has 0 aromatic heterocycles. The highest BCUT2D eigenvalue weighted by Gasteiger charge is 2.27. The fourth-order valence-electron chi connectivity index (χ4n) is 2.46. The minimum Gasteiger partial charge on any atom is -0.480 e. The number of carboxylic acid groups (broad SMARTS) is 1. The van der Waals surface area contributed by atoms with E-state index < -0.39 is 17.9 Å². The Balaban J connectivity index is 2.32. The van der Waals surface area contributed by atoms with Crippen LogP contribution in [0.1, 0.15) is 23.5 Å². The van der Waals surface area contributed by atoms with Gasteiger partial charge in [0.05, 0.1) is 5.92 Å².